The summed E-state index contributed by atoms with van der Waals surface area (Å²) in [7, 11) is 1.84. The molecule has 1 saturated heterocycles. The summed E-state index contributed by atoms with van der Waals surface area (Å²) in [5, 5.41) is 8.77. The second-order valence-corrected chi connectivity index (χ2v) is 5.11. The highest BCUT2D eigenvalue weighted by molar-refractivity contribution is 5.87. The first-order chi connectivity index (χ1) is 8.91. The first-order valence-corrected chi connectivity index (χ1v) is 6.31. The molecule has 0 spiro atoms. The van der Waals surface area contributed by atoms with Gasteiger partial charge in [0.2, 0.25) is 0 Å². The molecule has 2 rings (SSSR count). The number of carboxylic acids is 1. The largest absolute Gasteiger partial charge is 0.478 e. The number of nitrogens with zero attached hydrogens (tertiary/aromatic N) is 1. The third kappa shape index (κ3) is 2.92. The van der Waals surface area contributed by atoms with Crippen molar-refractivity contribution in [1.29, 1.82) is 0 Å². The zero-order valence-electron chi connectivity index (χ0n) is 10.8. The first-order valence-electron chi connectivity index (χ1n) is 6.31. The summed E-state index contributed by atoms with van der Waals surface area (Å²) < 4.78 is 28.7. The van der Waals surface area contributed by atoms with E-state index in [1.54, 1.807) is 0 Å². The van der Waals surface area contributed by atoms with Gasteiger partial charge in [0.15, 0.2) is 0 Å². The van der Waals surface area contributed by atoms with Crippen molar-refractivity contribution >= 4 is 5.97 Å². The minimum absolute atomic E-state index is 0.0281. The summed E-state index contributed by atoms with van der Waals surface area (Å²) in [6.45, 7) is 1.22. The fourth-order valence-electron chi connectivity index (χ4n) is 2.53. The zero-order chi connectivity index (χ0) is 14.0. The molecule has 0 bridgehead atoms. The molecule has 0 saturated carbocycles. The van der Waals surface area contributed by atoms with Crippen molar-refractivity contribution in [2.75, 3.05) is 20.1 Å². The molecule has 1 atom stereocenters. The number of hydrogen-bond donors (Lipinski definition) is 1. The number of hydrogen-bond acceptors (Lipinski definition) is 2. The predicted octanol–water partition coefficient (Wildman–Crippen LogP) is 2.82. The number of alkyl halides is 2. The van der Waals surface area contributed by atoms with Gasteiger partial charge in [0.25, 0.3) is 5.92 Å². The minimum atomic E-state index is -2.91. The third-order valence-corrected chi connectivity index (χ3v) is 3.65. The van der Waals surface area contributed by atoms with Crippen LogP contribution in [-0.2, 0) is 5.92 Å². The lowest BCUT2D eigenvalue weighted by Gasteiger charge is -2.35. The van der Waals surface area contributed by atoms with Gasteiger partial charge in [-0.3, -0.25) is 0 Å². The Morgan fingerprint density at radius 3 is 2.53 bits per heavy atom. The average molecular weight is 269 g/mol. The second-order valence-electron chi connectivity index (χ2n) is 5.11. The van der Waals surface area contributed by atoms with Crippen LogP contribution < -0.4 is 0 Å². The maximum atomic E-state index is 14.4. The molecular weight excluding hydrogens is 252 g/mol. The van der Waals surface area contributed by atoms with Crippen molar-refractivity contribution in [2.24, 2.45) is 5.92 Å². The Balaban J connectivity index is 2.20. The van der Waals surface area contributed by atoms with Gasteiger partial charge >= 0.3 is 5.97 Å². The molecule has 1 heterocycles. The Bertz CT molecular complexity index is 459. The van der Waals surface area contributed by atoms with Crippen LogP contribution in [0.15, 0.2) is 24.3 Å². The van der Waals surface area contributed by atoms with E-state index in [1.165, 1.54) is 24.3 Å². The van der Waals surface area contributed by atoms with E-state index < -0.39 is 17.8 Å². The van der Waals surface area contributed by atoms with Gasteiger partial charge in [0.1, 0.15) is 0 Å². The number of carbonyl (C=O) groups is 1. The van der Waals surface area contributed by atoms with Crippen LogP contribution in [0, 0.1) is 5.92 Å². The van der Waals surface area contributed by atoms with Crippen LogP contribution in [0.2, 0.25) is 0 Å². The normalized spacial score (nSPS) is 21.3. The molecule has 1 fully saturated rings. The first kappa shape index (κ1) is 13.9. The Kier molecular flexibility index (Phi) is 3.85. The van der Waals surface area contributed by atoms with Gasteiger partial charge < -0.3 is 10.0 Å². The van der Waals surface area contributed by atoms with E-state index in [0.29, 0.717) is 13.0 Å². The number of aromatic carboxylic acids is 1. The monoisotopic (exact) mass is 269 g/mol. The van der Waals surface area contributed by atoms with E-state index in [2.05, 4.69) is 0 Å². The average Bonchev–Trinajstić information content (AvgIpc) is 2.39. The standard InChI is InChI=1S/C14H17F2NO2/c1-17-8-2-3-12(9-17)14(15,16)11-6-4-10(5-7-11)13(18)19/h4-7,12H,2-3,8-9H2,1H3,(H,18,19). The van der Waals surface area contributed by atoms with Gasteiger partial charge in [-0.1, -0.05) is 12.1 Å². The van der Waals surface area contributed by atoms with Crippen molar-refractivity contribution in [1.82, 2.24) is 4.90 Å². The second kappa shape index (κ2) is 5.25. The molecule has 0 aliphatic carbocycles. The Labute approximate surface area is 110 Å². The van der Waals surface area contributed by atoms with Crippen LogP contribution in [0.25, 0.3) is 0 Å². The Morgan fingerprint density at radius 2 is 2.00 bits per heavy atom. The smallest absolute Gasteiger partial charge is 0.335 e. The van der Waals surface area contributed by atoms with Gasteiger partial charge in [0, 0.05) is 18.0 Å². The summed E-state index contributed by atoms with van der Waals surface area (Å²) in [4.78, 5) is 12.6. The maximum absolute atomic E-state index is 14.4. The highest BCUT2D eigenvalue weighted by Crippen LogP contribution is 2.40. The van der Waals surface area contributed by atoms with E-state index in [1.807, 2.05) is 11.9 Å². The topological polar surface area (TPSA) is 40.5 Å². The van der Waals surface area contributed by atoms with E-state index in [0.717, 1.165) is 13.0 Å². The van der Waals surface area contributed by atoms with Gasteiger partial charge in [-0.05, 0) is 38.6 Å². The van der Waals surface area contributed by atoms with Crippen LogP contribution in [0.5, 0.6) is 0 Å². The maximum Gasteiger partial charge on any atom is 0.335 e. The van der Waals surface area contributed by atoms with Gasteiger partial charge in [-0.25, -0.2) is 13.6 Å². The molecule has 0 radical (unpaired) electrons. The highest BCUT2D eigenvalue weighted by Gasteiger charge is 2.42. The van der Waals surface area contributed by atoms with Crippen LogP contribution >= 0.6 is 0 Å². The van der Waals surface area contributed by atoms with Gasteiger partial charge in [-0.2, -0.15) is 0 Å². The molecule has 1 unspecified atom stereocenters. The predicted molar refractivity (Wildman–Crippen MR) is 67.5 cm³/mol. The molecule has 1 aliphatic rings. The van der Waals surface area contributed by atoms with E-state index in [4.69, 9.17) is 5.11 Å². The molecule has 5 heteroatoms. The van der Waals surface area contributed by atoms with E-state index >= 15 is 0 Å². The molecule has 0 aromatic heterocycles. The number of rotatable bonds is 3. The molecule has 1 N–H and O–H groups in total. The fourth-order valence-corrected chi connectivity index (χ4v) is 2.53. The highest BCUT2D eigenvalue weighted by atomic mass is 19.3. The molecule has 0 amide bonds. The van der Waals surface area contributed by atoms with Crippen molar-refractivity contribution in [3.63, 3.8) is 0 Å². The summed E-state index contributed by atoms with van der Waals surface area (Å²) in [5.41, 5.74) is -0.0712. The molecule has 1 aromatic carbocycles. The van der Waals surface area contributed by atoms with Crippen molar-refractivity contribution < 1.29 is 18.7 Å². The number of carboxylic acid groups (broad SMARTS) is 1. The third-order valence-electron chi connectivity index (χ3n) is 3.65. The molecule has 19 heavy (non-hydrogen) atoms. The lowest BCUT2D eigenvalue weighted by atomic mass is 9.87. The summed E-state index contributed by atoms with van der Waals surface area (Å²) in [6.07, 6.45) is 1.27. The molecule has 3 nitrogen and oxygen atoms in total. The number of likely N-dealkylation sites (tertiary alicyclic amines) is 1. The molecule has 104 valence electrons. The zero-order valence-corrected chi connectivity index (χ0v) is 10.8. The summed E-state index contributed by atoms with van der Waals surface area (Å²) >= 11 is 0. The quantitative estimate of drug-likeness (QED) is 0.917. The number of benzene rings is 1. The SMILES string of the molecule is CN1CCCC(C(F)(F)c2ccc(C(=O)O)cc2)C1. The van der Waals surface area contributed by atoms with Gasteiger partial charge in [-0.15, -0.1) is 0 Å². The molecule has 1 aliphatic heterocycles. The van der Waals surface area contributed by atoms with E-state index in [9.17, 15) is 13.6 Å². The van der Waals surface area contributed by atoms with Crippen LogP contribution in [-0.4, -0.2) is 36.1 Å². The number of halogens is 2. The van der Waals surface area contributed by atoms with E-state index in [-0.39, 0.29) is 11.1 Å². The lowest BCUT2D eigenvalue weighted by molar-refractivity contribution is -0.0864. The Hall–Kier alpha value is -1.49. The summed E-state index contributed by atoms with van der Waals surface area (Å²) in [5.74, 6) is -4.72. The van der Waals surface area contributed by atoms with Crippen LogP contribution in [0.1, 0.15) is 28.8 Å². The molecule has 1 aromatic rings. The minimum Gasteiger partial charge on any atom is -0.478 e. The van der Waals surface area contributed by atoms with Crippen molar-refractivity contribution in [3.05, 3.63) is 35.4 Å². The Morgan fingerprint density at radius 1 is 1.37 bits per heavy atom. The van der Waals surface area contributed by atoms with Crippen LogP contribution in [0.4, 0.5) is 8.78 Å². The van der Waals surface area contributed by atoms with Crippen LogP contribution in [0.3, 0.4) is 0 Å². The summed E-state index contributed by atoms with van der Waals surface area (Å²) in [6, 6.07) is 4.91. The van der Waals surface area contributed by atoms with Crippen molar-refractivity contribution in [3.8, 4) is 0 Å². The molecular formula is C14H17F2NO2. The van der Waals surface area contributed by atoms with Gasteiger partial charge in [0.05, 0.1) is 5.56 Å². The number of piperidine rings is 1. The lowest BCUT2D eigenvalue weighted by Crippen LogP contribution is -2.40. The fraction of sp³-hybridized carbons (Fsp3) is 0.500. The van der Waals surface area contributed by atoms with Crippen molar-refractivity contribution in [2.45, 2.75) is 18.8 Å².